The Bertz CT molecular complexity index is 979. The van der Waals surface area contributed by atoms with E-state index in [9.17, 15) is 14.4 Å². The fourth-order valence-electron chi connectivity index (χ4n) is 4.51. The van der Waals surface area contributed by atoms with Gasteiger partial charge in [-0.3, -0.25) is 14.4 Å². The molecule has 35 heavy (non-hydrogen) atoms. The van der Waals surface area contributed by atoms with Crippen molar-refractivity contribution in [1.29, 1.82) is 0 Å². The normalized spacial score (nSPS) is 18.6. The van der Waals surface area contributed by atoms with Crippen LogP contribution in [0.25, 0.3) is 0 Å². The molecule has 2 amide bonds. The minimum absolute atomic E-state index is 0.0302. The first-order valence-electron chi connectivity index (χ1n) is 12.8. The number of nitrogens with one attached hydrogen (secondary N) is 3. The number of ketones is 1. The molecule has 1 aromatic rings. The first kappa shape index (κ1) is 26.6. The lowest BCUT2D eigenvalue weighted by Crippen LogP contribution is -2.40. The number of carbonyl (C=O) groups excluding carboxylic acids is 3. The van der Waals surface area contributed by atoms with E-state index in [2.05, 4.69) is 53.4 Å². The van der Waals surface area contributed by atoms with E-state index < -0.39 is 0 Å². The zero-order valence-electron chi connectivity index (χ0n) is 21.4. The molecule has 0 saturated carbocycles. The maximum Gasteiger partial charge on any atom is 0.225 e. The number of fused-ring (bicyclic) bond motifs is 2. The van der Waals surface area contributed by atoms with Crippen molar-refractivity contribution < 1.29 is 14.4 Å². The molecule has 1 aliphatic heterocycles. The highest BCUT2D eigenvalue weighted by Crippen LogP contribution is 2.34. The second kappa shape index (κ2) is 12.7. The molecule has 1 heterocycles. The minimum Gasteiger partial charge on any atom is -0.377 e. The Balaban J connectivity index is 1.63. The van der Waals surface area contributed by atoms with Crippen molar-refractivity contribution in [2.45, 2.75) is 46.6 Å². The van der Waals surface area contributed by atoms with Gasteiger partial charge < -0.3 is 25.8 Å². The lowest BCUT2D eigenvalue weighted by molar-refractivity contribution is -0.120. The van der Waals surface area contributed by atoms with Crippen LogP contribution in [0.15, 0.2) is 42.1 Å². The monoisotopic (exact) mass is 481 g/mol. The molecule has 190 valence electrons. The number of nitrogens with zero attached hydrogens (tertiary/aromatic N) is 2. The molecule has 3 rings (SSSR count). The average molecular weight is 482 g/mol. The molecule has 2 unspecified atom stereocenters. The molecular weight excluding hydrogens is 442 g/mol. The molecule has 0 saturated heterocycles. The van der Waals surface area contributed by atoms with Crippen molar-refractivity contribution in [3.63, 3.8) is 0 Å². The molecule has 1 aromatic carbocycles. The van der Waals surface area contributed by atoms with Crippen LogP contribution < -0.4 is 16.0 Å². The Kier molecular flexibility index (Phi) is 9.63. The van der Waals surface area contributed by atoms with Crippen LogP contribution in [0, 0.1) is 5.92 Å². The third-order valence-electron chi connectivity index (χ3n) is 6.81. The summed E-state index contributed by atoms with van der Waals surface area (Å²) in [6.07, 6.45) is 6.40. The molecule has 0 fully saturated rings. The summed E-state index contributed by atoms with van der Waals surface area (Å²) in [5.41, 5.74) is 2.65. The van der Waals surface area contributed by atoms with Crippen LogP contribution in [0.2, 0.25) is 0 Å². The summed E-state index contributed by atoms with van der Waals surface area (Å²) < 4.78 is 0. The Morgan fingerprint density at radius 2 is 1.51 bits per heavy atom. The largest absolute Gasteiger partial charge is 0.377 e. The lowest BCUT2D eigenvalue weighted by atomic mass is 9.83. The molecule has 0 aromatic heterocycles. The summed E-state index contributed by atoms with van der Waals surface area (Å²) in [6, 6.07) is 5.10. The van der Waals surface area contributed by atoms with E-state index in [1.54, 1.807) is 12.1 Å². The van der Waals surface area contributed by atoms with Crippen LogP contribution in [0.5, 0.6) is 0 Å². The maximum atomic E-state index is 13.1. The number of anilines is 2. The maximum absolute atomic E-state index is 13.1. The molecule has 0 spiro atoms. The second-order valence-electron chi connectivity index (χ2n) is 8.95. The molecular formula is C27H39N5O3. The number of amides is 2. The third-order valence-corrected chi connectivity index (χ3v) is 6.81. The molecule has 8 nitrogen and oxygen atoms in total. The van der Waals surface area contributed by atoms with Gasteiger partial charge in [0.25, 0.3) is 0 Å². The van der Waals surface area contributed by atoms with Gasteiger partial charge in [-0.15, -0.1) is 0 Å². The Labute approximate surface area is 208 Å². The fraction of sp³-hybridized carbons (Fsp3) is 0.519. The Morgan fingerprint density at radius 1 is 0.914 bits per heavy atom. The summed E-state index contributed by atoms with van der Waals surface area (Å²) in [5, 5.41) is 9.32. The predicted octanol–water partition coefficient (Wildman–Crippen LogP) is 3.25. The summed E-state index contributed by atoms with van der Waals surface area (Å²) in [7, 11) is 0. The van der Waals surface area contributed by atoms with Gasteiger partial charge in [0, 0.05) is 48.6 Å². The zero-order chi connectivity index (χ0) is 25.4. The fourth-order valence-corrected chi connectivity index (χ4v) is 4.51. The number of hydrogen-bond donors (Lipinski definition) is 3. The quantitative estimate of drug-likeness (QED) is 0.424. The second-order valence-corrected chi connectivity index (χ2v) is 8.95. The van der Waals surface area contributed by atoms with Gasteiger partial charge in [-0.1, -0.05) is 33.8 Å². The van der Waals surface area contributed by atoms with Gasteiger partial charge in [0.1, 0.15) is 0 Å². The van der Waals surface area contributed by atoms with Crippen LogP contribution in [0.4, 0.5) is 11.4 Å². The number of allylic oxidation sites excluding steroid dienone is 1. The van der Waals surface area contributed by atoms with E-state index in [4.69, 9.17) is 0 Å². The molecule has 3 N–H and O–H groups in total. The highest BCUT2D eigenvalue weighted by Gasteiger charge is 2.34. The predicted molar refractivity (Wildman–Crippen MR) is 140 cm³/mol. The average Bonchev–Trinajstić information content (AvgIpc) is 2.85. The van der Waals surface area contributed by atoms with E-state index in [1.807, 2.05) is 24.3 Å². The number of benzene rings is 1. The van der Waals surface area contributed by atoms with Crippen molar-refractivity contribution in [2.24, 2.45) is 5.92 Å². The minimum atomic E-state index is -0.326. The van der Waals surface area contributed by atoms with Crippen LogP contribution in [0.3, 0.4) is 0 Å². The Morgan fingerprint density at radius 3 is 2.11 bits per heavy atom. The van der Waals surface area contributed by atoms with Gasteiger partial charge in [0.2, 0.25) is 11.8 Å². The number of carbonyl (C=O) groups is 3. The lowest BCUT2D eigenvalue weighted by Gasteiger charge is -2.33. The SMILES string of the molecule is CCN(CC)CCC(=O)NC1=CC2Nc3cc(NC(=O)CCN(CC)CC)ccc3C(=O)C2C=C1. The van der Waals surface area contributed by atoms with E-state index >= 15 is 0 Å². The van der Waals surface area contributed by atoms with Crippen molar-refractivity contribution in [2.75, 3.05) is 49.9 Å². The van der Waals surface area contributed by atoms with Crippen molar-refractivity contribution in [1.82, 2.24) is 15.1 Å². The summed E-state index contributed by atoms with van der Waals surface area (Å²) in [5.74, 6) is -0.383. The summed E-state index contributed by atoms with van der Waals surface area (Å²) >= 11 is 0. The topological polar surface area (TPSA) is 93.8 Å². The Hall–Kier alpha value is -2.97. The van der Waals surface area contributed by atoms with Gasteiger partial charge in [-0.05, 0) is 56.5 Å². The number of hydrogen-bond acceptors (Lipinski definition) is 6. The molecule has 0 radical (unpaired) electrons. The molecule has 1 aliphatic carbocycles. The van der Waals surface area contributed by atoms with Gasteiger partial charge in [-0.25, -0.2) is 0 Å². The van der Waals surface area contributed by atoms with E-state index in [0.717, 1.165) is 32.7 Å². The van der Waals surface area contributed by atoms with Crippen LogP contribution in [-0.4, -0.2) is 72.7 Å². The highest BCUT2D eigenvalue weighted by atomic mass is 16.2. The van der Waals surface area contributed by atoms with Gasteiger partial charge >= 0.3 is 0 Å². The van der Waals surface area contributed by atoms with Crippen LogP contribution >= 0.6 is 0 Å². The van der Waals surface area contributed by atoms with Crippen LogP contribution in [0.1, 0.15) is 50.9 Å². The third kappa shape index (κ3) is 7.02. The van der Waals surface area contributed by atoms with Gasteiger partial charge in [0.15, 0.2) is 5.78 Å². The van der Waals surface area contributed by atoms with Crippen LogP contribution in [-0.2, 0) is 9.59 Å². The first-order chi connectivity index (χ1) is 16.9. The first-order valence-corrected chi connectivity index (χ1v) is 12.8. The van der Waals surface area contributed by atoms with Crippen molar-refractivity contribution in [3.05, 3.63) is 47.7 Å². The van der Waals surface area contributed by atoms with E-state index in [0.29, 0.717) is 42.0 Å². The molecule has 2 atom stereocenters. The van der Waals surface area contributed by atoms with E-state index in [1.165, 1.54) is 0 Å². The number of rotatable bonds is 12. The number of Topliss-reactive ketones (excluding diaryl/α,β-unsaturated/α-hetero) is 1. The van der Waals surface area contributed by atoms with Gasteiger partial charge in [-0.2, -0.15) is 0 Å². The molecule has 0 bridgehead atoms. The van der Waals surface area contributed by atoms with E-state index in [-0.39, 0.29) is 29.6 Å². The van der Waals surface area contributed by atoms with Crippen molar-refractivity contribution >= 4 is 29.0 Å². The molecule has 2 aliphatic rings. The zero-order valence-corrected chi connectivity index (χ0v) is 21.4. The standard InChI is InChI=1S/C27H39N5O3/c1-5-31(6-2)15-13-25(33)28-19-9-11-21-23(17-19)30-24-18-20(10-12-22(24)27(21)35)29-26(34)14-16-32(7-3)8-4/h9-12,17-18,21,23,30H,5-8,13-16H2,1-4H3,(H,28,33)(H,29,34). The summed E-state index contributed by atoms with van der Waals surface area (Å²) in [6.45, 7) is 13.4. The van der Waals surface area contributed by atoms with Gasteiger partial charge in [0.05, 0.1) is 12.0 Å². The molecule has 8 heteroatoms. The smallest absolute Gasteiger partial charge is 0.225 e. The van der Waals surface area contributed by atoms with Crippen molar-refractivity contribution in [3.8, 4) is 0 Å². The summed E-state index contributed by atoms with van der Waals surface area (Å²) in [4.78, 5) is 42.3. The highest BCUT2D eigenvalue weighted by molar-refractivity contribution is 6.07.